The van der Waals surface area contributed by atoms with Gasteiger partial charge in [-0.2, -0.15) is 0 Å². The van der Waals surface area contributed by atoms with E-state index in [0.29, 0.717) is 12.0 Å². The number of likely N-dealkylation sites (tertiary alicyclic amines) is 1. The summed E-state index contributed by atoms with van der Waals surface area (Å²) in [5.41, 5.74) is 4.02. The van der Waals surface area contributed by atoms with E-state index in [9.17, 15) is 4.39 Å². The topological polar surface area (TPSA) is 22.3 Å². The minimum atomic E-state index is -0.151. The molecular weight excluding hydrogens is 373 g/mol. The summed E-state index contributed by atoms with van der Waals surface area (Å²) in [5.74, 6) is 0.473. The summed E-state index contributed by atoms with van der Waals surface area (Å²) in [4.78, 5) is 8.54. The zero-order chi connectivity index (χ0) is 20.7. The number of H-pyrrole nitrogens is 1. The summed E-state index contributed by atoms with van der Waals surface area (Å²) in [6, 6.07) is 16.5. The van der Waals surface area contributed by atoms with Crippen LogP contribution in [0.15, 0.2) is 54.7 Å². The number of hydrogen-bond acceptors (Lipinski definition) is 2. The maximum absolute atomic E-state index is 13.5. The molecule has 5 rings (SSSR count). The number of para-hydroxylation sites is 1. The average molecular weight is 406 g/mol. The van der Waals surface area contributed by atoms with Gasteiger partial charge in [0.15, 0.2) is 0 Å². The van der Waals surface area contributed by atoms with Crippen LogP contribution in [-0.2, 0) is 5.54 Å². The summed E-state index contributed by atoms with van der Waals surface area (Å²) in [7, 11) is 4.35. The van der Waals surface area contributed by atoms with Crippen LogP contribution in [0.1, 0.15) is 49.1 Å². The normalized spacial score (nSPS) is 27.9. The molecule has 0 spiro atoms. The van der Waals surface area contributed by atoms with E-state index in [0.717, 1.165) is 19.4 Å². The molecular formula is C26H32FN3. The van der Waals surface area contributed by atoms with Gasteiger partial charge in [0.1, 0.15) is 5.82 Å². The Balaban J connectivity index is 1.28. The SMILES string of the molecule is CN(C)C1(c2ccc(F)cc2)CCC(N2CCC(c3c[nH]c4ccccc34)C2)CC1. The third-order valence-corrected chi connectivity index (χ3v) is 7.82. The predicted octanol–water partition coefficient (Wildman–Crippen LogP) is 5.50. The van der Waals surface area contributed by atoms with Crippen molar-refractivity contribution in [1.82, 2.24) is 14.8 Å². The highest BCUT2D eigenvalue weighted by Crippen LogP contribution is 2.44. The van der Waals surface area contributed by atoms with Gasteiger partial charge in [0.2, 0.25) is 0 Å². The maximum Gasteiger partial charge on any atom is 0.123 e. The van der Waals surface area contributed by atoms with Gasteiger partial charge in [0, 0.05) is 35.2 Å². The Morgan fingerprint density at radius 3 is 2.47 bits per heavy atom. The van der Waals surface area contributed by atoms with Crippen molar-refractivity contribution >= 4 is 10.9 Å². The zero-order valence-electron chi connectivity index (χ0n) is 18.1. The Morgan fingerprint density at radius 1 is 1.00 bits per heavy atom. The van der Waals surface area contributed by atoms with Crippen molar-refractivity contribution in [2.45, 2.75) is 49.6 Å². The number of hydrogen-bond donors (Lipinski definition) is 1. The summed E-state index contributed by atoms with van der Waals surface area (Å²) in [6.45, 7) is 2.36. The molecule has 1 saturated carbocycles. The molecule has 1 atom stereocenters. The molecule has 0 radical (unpaired) electrons. The van der Waals surface area contributed by atoms with E-state index in [-0.39, 0.29) is 11.4 Å². The molecule has 2 aromatic carbocycles. The van der Waals surface area contributed by atoms with Crippen LogP contribution in [0.2, 0.25) is 0 Å². The molecule has 1 aliphatic carbocycles. The van der Waals surface area contributed by atoms with Crippen LogP contribution in [0, 0.1) is 5.82 Å². The molecule has 2 heterocycles. The van der Waals surface area contributed by atoms with E-state index < -0.39 is 0 Å². The lowest BCUT2D eigenvalue weighted by Gasteiger charge is -2.47. The molecule has 0 bridgehead atoms. The molecule has 4 heteroatoms. The smallest absolute Gasteiger partial charge is 0.123 e. The number of aromatic nitrogens is 1. The first-order valence-corrected chi connectivity index (χ1v) is 11.3. The summed E-state index contributed by atoms with van der Waals surface area (Å²) in [5, 5.41) is 1.39. The first-order valence-electron chi connectivity index (χ1n) is 11.3. The number of nitrogens with one attached hydrogen (secondary N) is 1. The lowest BCUT2D eigenvalue weighted by molar-refractivity contribution is 0.0563. The van der Waals surface area contributed by atoms with Crippen LogP contribution in [0.3, 0.4) is 0 Å². The summed E-state index contributed by atoms with van der Waals surface area (Å²) in [6.07, 6.45) is 8.14. The molecule has 3 nitrogen and oxygen atoms in total. The number of rotatable bonds is 4. The monoisotopic (exact) mass is 405 g/mol. The lowest BCUT2D eigenvalue weighted by Crippen LogP contribution is -2.48. The third kappa shape index (κ3) is 3.36. The quantitative estimate of drug-likeness (QED) is 0.619. The van der Waals surface area contributed by atoms with Gasteiger partial charge >= 0.3 is 0 Å². The molecule has 2 aliphatic rings. The van der Waals surface area contributed by atoms with Gasteiger partial charge in [-0.3, -0.25) is 9.80 Å². The van der Waals surface area contributed by atoms with Gasteiger partial charge < -0.3 is 4.98 Å². The van der Waals surface area contributed by atoms with E-state index in [1.54, 1.807) is 12.1 Å². The van der Waals surface area contributed by atoms with E-state index in [2.05, 4.69) is 59.3 Å². The highest BCUT2D eigenvalue weighted by atomic mass is 19.1. The Bertz CT molecular complexity index is 999. The minimum absolute atomic E-state index is 0.0279. The van der Waals surface area contributed by atoms with Crippen LogP contribution in [-0.4, -0.2) is 48.0 Å². The number of fused-ring (bicyclic) bond motifs is 1. The van der Waals surface area contributed by atoms with Gasteiger partial charge in [0.05, 0.1) is 0 Å². The molecule has 1 saturated heterocycles. The third-order valence-electron chi connectivity index (χ3n) is 7.82. The van der Waals surface area contributed by atoms with Gasteiger partial charge in [-0.25, -0.2) is 4.39 Å². The molecule has 1 aliphatic heterocycles. The van der Waals surface area contributed by atoms with Crippen LogP contribution in [0.5, 0.6) is 0 Å². The molecule has 2 fully saturated rings. The fourth-order valence-corrected chi connectivity index (χ4v) is 6.00. The molecule has 158 valence electrons. The number of halogens is 1. The molecule has 30 heavy (non-hydrogen) atoms. The van der Waals surface area contributed by atoms with Crippen molar-refractivity contribution in [3.8, 4) is 0 Å². The summed E-state index contributed by atoms with van der Waals surface area (Å²) < 4.78 is 13.5. The van der Waals surface area contributed by atoms with Crippen LogP contribution in [0.4, 0.5) is 4.39 Å². The second-order valence-electron chi connectivity index (χ2n) is 9.43. The highest BCUT2D eigenvalue weighted by Gasteiger charge is 2.41. The zero-order valence-corrected chi connectivity index (χ0v) is 18.1. The fraction of sp³-hybridized carbons (Fsp3) is 0.462. The molecule has 1 unspecified atom stereocenters. The molecule has 1 N–H and O–H groups in total. The van der Waals surface area contributed by atoms with Crippen LogP contribution >= 0.6 is 0 Å². The van der Waals surface area contributed by atoms with Crippen LogP contribution < -0.4 is 0 Å². The second-order valence-corrected chi connectivity index (χ2v) is 9.43. The second kappa shape index (κ2) is 7.82. The summed E-state index contributed by atoms with van der Waals surface area (Å²) >= 11 is 0. The lowest BCUT2D eigenvalue weighted by atomic mass is 9.73. The van der Waals surface area contributed by atoms with Gasteiger partial charge in [0.25, 0.3) is 0 Å². The standard InChI is InChI=1S/C26H32FN3/c1-29(2)26(20-7-9-21(27)10-8-20)14-11-22(12-15-26)30-16-13-19(18-30)24-17-28-25-6-4-3-5-23(24)25/h3-10,17,19,22,28H,11-16,18H2,1-2H3. The van der Waals surface area contributed by atoms with Crippen molar-refractivity contribution in [3.05, 3.63) is 71.7 Å². The van der Waals surface area contributed by atoms with Crippen molar-refractivity contribution in [1.29, 1.82) is 0 Å². The number of nitrogens with zero attached hydrogens (tertiary/aromatic N) is 2. The van der Waals surface area contributed by atoms with Gasteiger partial charge in [-0.1, -0.05) is 30.3 Å². The maximum atomic E-state index is 13.5. The Labute approximate surface area is 178 Å². The molecule has 0 amide bonds. The largest absolute Gasteiger partial charge is 0.361 e. The molecule has 1 aromatic heterocycles. The van der Waals surface area contributed by atoms with E-state index in [1.807, 2.05) is 12.1 Å². The highest BCUT2D eigenvalue weighted by molar-refractivity contribution is 5.83. The predicted molar refractivity (Wildman–Crippen MR) is 121 cm³/mol. The first kappa shape index (κ1) is 19.8. The van der Waals surface area contributed by atoms with Crippen molar-refractivity contribution in [2.75, 3.05) is 27.2 Å². The van der Waals surface area contributed by atoms with Crippen molar-refractivity contribution < 1.29 is 4.39 Å². The van der Waals surface area contributed by atoms with Gasteiger partial charge in [-0.15, -0.1) is 0 Å². The minimum Gasteiger partial charge on any atom is -0.361 e. The Kier molecular flexibility index (Phi) is 5.16. The Hall–Kier alpha value is -2.17. The van der Waals surface area contributed by atoms with Crippen LogP contribution in [0.25, 0.3) is 10.9 Å². The fourth-order valence-electron chi connectivity index (χ4n) is 6.00. The average Bonchev–Trinajstić information content (AvgIpc) is 3.41. The van der Waals surface area contributed by atoms with Crippen molar-refractivity contribution in [3.63, 3.8) is 0 Å². The van der Waals surface area contributed by atoms with E-state index >= 15 is 0 Å². The number of benzene rings is 2. The number of aromatic amines is 1. The van der Waals surface area contributed by atoms with Crippen molar-refractivity contribution in [2.24, 2.45) is 0 Å². The first-order chi connectivity index (χ1) is 14.6. The van der Waals surface area contributed by atoms with Gasteiger partial charge in [-0.05, 0) is 88.0 Å². The van der Waals surface area contributed by atoms with E-state index in [4.69, 9.17) is 0 Å². The molecule has 3 aromatic rings. The van der Waals surface area contributed by atoms with E-state index in [1.165, 1.54) is 47.8 Å². The Morgan fingerprint density at radius 2 is 1.73 bits per heavy atom.